The molecular weight excluding hydrogens is 194 g/mol. The highest BCUT2D eigenvalue weighted by molar-refractivity contribution is 5.08. The molecule has 16 heavy (non-hydrogen) atoms. The second-order valence-electron chi connectivity index (χ2n) is 7.11. The van der Waals surface area contributed by atoms with Gasteiger partial charge in [-0.05, 0) is 67.2 Å². The molecule has 0 aliphatic heterocycles. The Morgan fingerprint density at radius 1 is 1.12 bits per heavy atom. The Labute approximate surface area is 101 Å². The van der Waals surface area contributed by atoms with Crippen molar-refractivity contribution in [3.63, 3.8) is 0 Å². The molecule has 0 unspecified atom stereocenters. The largest absolute Gasteiger partial charge is 0.330 e. The molecule has 0 radical (unpaired) electrons. The third-order valence-electron chi connectivity index (χ3n) is 5.66. The van der Waals surface area contributed by atoms with Crippen molar-refractivity contribution in [3.8, 4) is 0 Å². The third kappa shape index (κ3) is 2.03. The van der Waals surface area contributed by atoms with Crippen molar-refractivity contribution in [3.05, 3.63) is 0 Å². The SMILES string of the molecule is CC(C)C1CCC([C@H]2[C@H](CN)C2(C)C)CC1. The molecule has 2 rings (SSSR count). The van der Waals surface area contributed by atoms with Gasteiger partial charge in [0.15, 0.2) is 0 Å². The van der Waals surface area contributed by atoms with Crippen LogP contribution in [0.2, 0.25) is 0 Å². The maximum absolute atomic E-state index is 5.88. The molecule has 0 spiro atoms. The van der Waals surface area contributed by atoms with Crippen LogP contribution in [0.5, 0.6) is 0 Å². The first-order valence-corrected chi connectivity index (χ1v) is 7.18. The molecule has 2 atom stereocenters. The summed E-state index contributed by atoms with van der Waals surface area (Å²) in [6.45, 7) is 10.5. The van der Waals surface area contributed by atoms with Crippen molar-refractivity contribution in [2.45, 2.75) is 53.4 Å². The monoisotopic (exact) mass is 223 g/mol. The van der Waals surface area contributed by atoms with E-state index in [-0.39, 0.29) is 0 Å². The minimum absolute atomic E-state index is 0.546. The molecule has 2 saturated carbocycles. The highest BCUT2D eigenvalue weighted by atomic mass is 14.7. The second kappa shape index (κ2) is 4.33. The van der Waals surface area contributed by atoms with Crippen molar-refractivity contribution in [1.29, 1.82) is 0 Å². The highest BCUT2D eigenvalue weighted by Crippen LogP contribution is 2.63. The lowest BCUT2D eigenvalue weighted by molar-refractivity contribution is 0.195. The molecule has 2 aliphatic rings. The number of nitrogens with two attached hydrogens (primary N) is 1. The van der Waals surface area contributed by atoms with Crippen LogP contribution in [-0.2, 0) is 0 Å². The fourth-order valence-electron chi connectivity index (χ4n) is 4.34. The molecule has 0 aromatic heterocycles. The average Bonchev–Trinajstić information content (AvgIpc) is 2.80. The minimum atomic E-state index is 0.546. The van der Waals surface area contributed by atoms with Gasteiger partial charge in [0.05, 0.1) is 0 Å². The van der Waals surface area contributed by atoms with Crippen LogP contribution in [0.25, 0.3) is 0 Å². The Hall–Kier alpha value is -0.0400. The van der Waals surface area contributed by atoms with E-state index in [4.69, 9.17) is 5.73 Å². The van der Waals surface area contributed by atoms with E-state index in [0.717, 1.165) is 36.1 Å². The summed E-state index contributed by atoms with van der Waals surface area (Å²) in [5.41, 5.74) is 6.43. The van der Waals surface area contributed by atoms with Gasteiger partial charge in [-0.1, -0.05) is 27.7 Å². The van der Waals surface area contributed by atoms with Gasteiger partial charge in [-0.3, -0.25) is 0 Å². The molecule has 0 saturated heterocycles. The summed E-state index contributed by atoms with van der Waals surface area (Å²) < 4.78 is 0. The maximum Gasteiger partial charge on any atom is -0.00407 e. The van der Waals surface area contributed by atoms with Crippen molar-refractivity contribution < 1.29 is 0 Å². The van der Waals surface area contributed by atoms with Crippen LogP contribution in [0.1, 0.15) is 53.4 Å². The fraction of sp³-hybridized carbons (Fsp3) is 1.00. The summed E-state index contributed by atoms with van der Waals surface area (Å²) >= 11 is 0. The molecule has 0 amide bonds. The first kappa shape index (κ1) is 12.4. The summed E-state index contributed by atoms with van der Waals surface area (Å²) in [5.74, 6) is 4.62. The lowest BCUT2D eigenvalue weighted by Crippen LogP contribution is -2.21. The summed E-state index contributed by atoms with van der Waals surface area (Å²) in [4.78, 5) is 0. The van der Waals surface area contributed by atoms with Crippen molar-refractivity contribution in [2.24, 2.45) is 40.7 Å². The third-order valence-corrected chi connectivity index (χ3v) is 5.66. The van der Waals surface area contributed by atoms with E-state index in [1.54, 1.807) is 0 Å². The van der Waals surface area contributed by atoms with E-state index in [9.17, 15) is 0 Å². The zero-order valence-electron chi connectivity index (χ0n) is 11.5. The van der Waals surface area contributed by atoms with Crippen molar-refractivity contribution >= 4 is 0 Å². The normalized spacial score (nSPS) is 42.4. The average molecular weight is 223 g/mol. The van der Waals surface area contributed by atoms with E-state index in [0.29, 0.717) is 5.41 Å². The van der Waals surface area contributed by atoms with Crippen LogP contribution in [0.15, 0.2) is 0 Å². The first-order chi connectivity index (χ1) is 7.48. The van der Waals surface area contributed by atoms with Gasteiger partial charge in [0.2, 0.25) is 0 Å². The molecular formula is C15H29N. The molecule has 1 nitrogen and oxygen atoms in total. The molecule has 0 heterocycles. The molecule has 1 heteroatoms. The number of hydrogen-bond donors (Lipinski definition) is 1. The van der Waals surface area contributed by atoms with Crippen LogP contribution < -0.4 is 5.73 Å². The van der Waals surface area contributed by atoms with Gasteiger partial charge >= 0.3 is 0 Å². The predicted molar refractivity (Wildman–Crippen MR) is 70.1 cm³/mol. The molecule has 2 aliphatic carbocycles. The smallest absolute Gasteiger partial charge is 0.00407 e. The van der Waals surface area contributed by atoms with Crippen LogP contribution in [0.3, 0.4) is 0 Å². The maximum atomic E-state index is 5.88. The Morgan fingerprint density at radius 2 is 1.69 bits per heavy atom. The van der Waals surface area contributed by atoms with E-state index in [1.165, 1.54) is 25.7 Å². The Morgan fingerprint density at radius 3 is 2.06 bits per heavy atom. The molecule has 0 bridgehead atoms. The molecule has 2 fully saturated rings. The van der Waals surface area contributed by atoms with Crippen LogP contribution in [-0.4, -0.2) is 6.54 Å². The first-order valence-electron chi connectivity index (χ1n) is 7.18. The van der Waals surface area contributed by atoms with Crippen LogP contribution in [0, 0.1) is 35.0 Å². The highest BCUT2D eigenvalue weighted by Gasteiger charge is 2.59. The van der Waals surface area contributed by atoms with E-state index in [1.807, 2.05) is 0 Å². The zero-order chi connectivity index (χ0) is 11.9. The Balaban J connectivity index is 1.87. The summed E-state index contributed by atoms with van der Waals surface area (Å²) in [6, 6.07) is 0. The van der Waals surface area contributed by atoms with Crippen LogP contribution >= 0.6 is 0 Å². The van der Waals surface area contributed by atoms with Gasteiger partial charge in [0.25, 0.3) is 0 Å². The molecule has 0 aromatic rings. The predicted octanol–water partition coefficient (Wildman–Crippen LogP) is 3.68. The van der Waals surface area contributed by atoms with E-state index in [2.05, 4.69) is 27.7 Å². The number of rotatable bonds is 3. The Bertz CT molecular complexity index is 236. The molecule has 94 valence electrons. The van der Waals surface area contributed by atoms with Gasteiger partial charge in [-0.25, -0.2) is 0 Å². The molecule has 0 aromatic carbocycles. The number of hydrogen-bond acceptors (Lipinski definition) is 1. The summed E-state index contributed by atoms with van der Waals surface area (Å²) in [5, 5.41) is 0. The summed E-state index contributed by atoms with van der Waals surface area (Å²) in [7, 11) is 0. The van der Waals surface area contributed by atoms with Crippen molar-refractivity contribution in [1.82, 2.24) is 0 Å². The lowest BCUT2D eigenvalue weighted by atomic mass is 9.74. The quantitative estimate of drug-likeness (QED) is 0.776. The molecule has 2 N–H and O–H groups in total. The zero-order valence-corrected chi connectivity index (χ0v) is 11.5. The van der Waals surface area contributed by atoms with Crippen molar-refractivity contribution in [2.75, 3.05) is 6.54 Å². The minimum Gasteiger partial charge on any atom is -0.330 e. The fourth-order valence-corrected chi connectivity index (χ4v) is 4.34. The van der Waals surface area contributed by atoms with Gasteiger partial charge < -0.3 is 5.73 Å². The van der Waals surface area contributed by atoms with E-state index < -0.39 is 0 Å². The van der Waals surface area contributed by atoms with Crippen LogP contribution in [0.4, 0.5) is 0 Å². The van der Waals surface area contributed by atoms with Gasteiger partial charge in [-0.15, -0.1) is 0 Å². The second-order valence-corrected chi connectivity index (χ2v) is 7.11. The Kier molecular flexibility index (Phi) is 3.36. The standard InChI is InChI=1S/C15H29N/c1-10(2)11-5-7-12(8-6-11)14-13(9-16)15(14,3)4/h10-14H,5-9,16H2,1-4H3/t11?,12?,13-,14-/m0/s1. The lowest BCUT2D eigenvalue weighted by Gasteiger charge is -2.31. The van der Waals surface area contributed by atoms with Gasteiger partial charge in [0, 0.05) is 0 Å². The van der Waals surface area contributed by atoms with E-state index >= 15 is 0 Å². The van der Waals surface area contributed by atoms with Gasteiger partial charge in [-0.2, -0.15) is 0 Å². The van der Waals surface area contributed by atoms with Gasteiger partial charge in [0.1, 0.15) is 0 Å². The topological polar surface area (TPSA) is 26.0 Å². The summed E-state index contributed by atoms with van der Waals surface area (Å²) in [6.07, 6.45) is 5.86.